The second kappa shape index (κ2) is 4.59. The van der Waals surface area contributed by atoms with Crippen molar-refractivity contribution in [1.29, 1.82) is 0 Å². The molecule has 3 atom stereocenters. The van der Waals surface area contributed by atoms with Gasteiger partial charge in [-0.2, -0.15) is 4.98 Å². The molecule has 0 saturated heterocycles. The Labute approximate surface area is 126 Å². The van der Waals surface area contributed by atoms with Crippen LogP contribution in [0.3, 0.4) is 0 Å². The molecule has 1 saturated carbocycles. The van der Waals surface area contributed by atoms with Gasteiger partial charge >= 0.3 is 5.69 Å². The Morgan fingerprint density at radius 2 is 2.45 bits per heavy atom. The van der Waals surface area contributed by atoms with Gasteiger partial charge in [-0.05, 0) is 12.1 Å². The molecule has 1 aliphatic heterocycles. The van der Waals surface area contributed by atoms with E-state index >= 15 is 0 Å². The number of hydrogen-bond acceptors (Lipinski definition) is 7. The van der Waals surface area contributed by atoms with Gasteiger partial charge in [-0.1, -0.05) is 6.58 Å². The highest BCUT2D eigenvalue weighted by Gasteiger charge is 2.71. The van der Waals surface area contributed by atoms with Crippen molar-refractivity contribution in [3.63, 3.8) is 0 Å². The molecule has 2 heterocycles. The molecule has 0 amide bonds. The summed E-state index contributed by atoms with van der Waals surface area (Å²) in [5.41, 5.74) is 1.89. The number of aromatic nitrogens is 2. The Hall–Kier alpha value is -2.32. The fourth-order valence-electron chi connectivity index (χ4n) is 2.96. The molecule has 2 aliphatic rings. The summed E-state index contributed by atoms with van der Waals surface area (Å²) in [6.45, 7) is 3.66. The van der Waals surface area contributed by atoms with E-state index in [2.05, 4.69) is 11.6 Å². The summed E-state index contributed by atoms with van der Waals surface area (Å²) in [4.78, 5) is 15.7. The van der Waals surface area contributed by atoms with Crippen molar-refractivity contribution >= 4 is 5.82 Å². The lowest BCUT2D eigenvalue weighted by atomic mass is 9.98. The molecular formula is C14H17N3O5. The van der Waals surface area contributed by atoms with E-state index in [0.717, 1.165) is 4.57 Å². The van der Waals surface area contributed by atoms with Crippen molar-refractivity contribution in [2.45, 2.75) is 17.7 Å². The summed E-state index contributed by atoms with van der Waals surface area (Å²) in [5.74, 6) is -0.935. The molecule has 0 aromatic carbocycles. The maximum Gasteiger partial charge on any atom is 0.352 e. The molecule has 3 rings (SSSR count). The van der Waals surface area contributed by atoms with Gasteiger partial charge < -0.3 is 25.4 Å². The maximum atomic E-state index is 12.1. The molecule has 4 N–H and O–H groups in total. The van der Waals surface area contributed by atoms with Crippen LogP contribution in [0.1, 0.15) is 6.42 Å². The molecule has 118 valence electrons. The summed E-state index contributed by atoms with van der Waals surface area (Å²) < 4.78 is 11.6. The summed E-state index contributed by atoms with van der Waals surface area (Å²) in [6, 6.07) is 1.37. The van der Waals surface area contributed by atoms with Gasteiger partial charge in [-0.25, -0.2) is 4.79 Å². The van der Waals surface area contributed by atoms with Gasteiger partial charge in [0.15, 0.2) is 11.5 Å². The van der Waals surface area contributed by atoms with Crippen LogP contribution in [0.4, 0.5) is 5.82 Å². The van der Waals surface area contributed by atoms with Crippen LogP contribution in [0.25, 0.3) is 0 Å². The van der Waals surface area contributed by atoms with Crippen molar-refractivity contribution in [3.05, 3.63) is 46.9 Å². The molecule has 22 heavy (non-hydrogen) atoms. The first kappa shape index (κ1) is 14.6. The number of anilines is 1. The maximum absolute atomic E-state index is 12.1. The van der Waals surface area contributed by atoms with Crippen molar-refractivity contribution in [3.8, 4) is 0 Å². The molecule has 1 aliphatic carbocycles. The van der Waals surface area contributed by atoms with Gasteiger partial charge in [0.1, 0.15) is 18.0 Å². The number of rotatable bonds is 4. The molecule has 1 fully saturated rings. The van der Waals surface area contributed by atoms with Crippen LogP contribution >= 0.6 is 0 Å². The lowest BCUT2D eigenvalue weighted by Gasteiger charge is -2.36. The predicted molar refractivity (Wildman–Crippen MR) is 76.8 cm³/mol. The Kier molecular flexibility index (Phi) is 3.05. The van der Waals surface area contributed by atoms with Crippen LogP contribution in [0.15, 0.2) is 41.2 Å². The minimum atomic E-state index is -1.97. The number of aliphatic hydroxyl groups excluding tert-OH is 1. The zero-order valence-electron chi connectivity index (χ0n) is 12.0. The Balaban J connectivity index is 2.19. The van der Waals surface area contributed by atoms with Crippen LogP contribution < -0.4 is 11.4 Å². The Morgan fingerprint density at radius 3 is 3.05 bits per heavy atom. The van der Waals surface area contributed by atoms with E-state index in [1.54, 1.807) is 6.08 Å². The fraction of sp³-hybridized carbons (Fsp3) is 0.429. The molecule has 0 bridgehead atoms. The monoisotopic (exact) mass is 307 g/mol. The Morgan fingerprint density at radius 1 is 1.73 bits per heavy atom. The molecule has 8 nitrogen and oxygen atoms in total. The molecule has 2 unspecified atom stereocenters. The van der Waals surface area contributed by atoms with Crippen molar-refractivity contribution in [2.24, 2.45) is 5.92 Å². The lowest BCUT2D eigenvalue weighted by molar-refractivity contribution is -0.112. The predicted octanol–water partition coefficient (Wildman–Crippen LogP) is -0.139. The molecule has 0 radical (unpaired) electrons. The average Bonchev–Trinajstić information content (AvgIpc) is 3.21. The van der Waals surface area contributed by atoms with Gasteiger partial charge in [0.05, 0.1) is 5.92 Å². The SMILES string of the molecule is C=CC12C[C@@H]1C(O)(n1ccc(N)nc1=O)C(O)=C(COC)O2. The number of nitrogens with zero attached hydrogens (tertiary/aromatic N) is 2. The number of methoxy groups -OCH3 is 1. The van der Waals surface area contributed by atoms with Crippen LogP contribution in [0.5, 0.6) is 0 Å². The first-order valence-corrected chi connectivity index (χ1v) is 6.71. The van der Waals surface area contributed by atoms with Crippen molar-refractivity contribution in [2.75, 3.05) is 19.5 Å². The number of hydrogen-bond donors (Lipinski definition) is 3. The van der Waals surface area contributed by atoms with E-state index in [1.165, 1.54) is 19.4 Å². The first-order valence-electron chi connectivity index (χ1n) is 6.71. The number of aliphatic hydroxyl groups is 2. The molecular weight excluding hydrogens is 290 g/mol. The molecule has 1 aromatic heterocycles. The largest absolute Gasteiger partial charge is 0.505 e. The lowest BCUT2D eigenvalue weighted by Crippen LogP contribution is -2.50. The highest BCUT2D eigenvalue weighted by Crippen LogP contribution is 2.61. The van der Waals surface area contributed by atoms with Gasteiger partial charge in [0.25, 0.3) is 0 Å². The van der Waals surface area contributed by atoms with E-state index < -0.39 is 28.7 Å². The van der Waals surface area contributed by atoms with Crippen LogP contribution in [0.2, 0.25) is 0 Å². The standard InChI is InChI=1S/C14H17N3O5/c1-3-13-6-9(13)14(20,11(18)8(22-13)7-21-2)17-5-4-10(15)16-12(17)19/h3-5,9,18,20H,1,6-7H2,2H3,(H2,15,16,19)/t9-,13?,14?/m0/s1. The van der Waals surface area contributed by atoms with E-state index in [9.17, 15) is 15.0 Å². The van der Waals surface area contributed by atoms with E-state index in [-0.39, 0.29) is 18.2 Å². The minimum absolute atomic E-state index is 0.0308. The van der Waals surface area contributed by atoms with Crippen LogP contribution in [-0.2, 0) is 15.2 Å². The van der Waals surface area contributed by atoms with E-state index in [0.29, 0.717) is 6.42 Å². The van der Waals surface area contributed by atoms with Gasteiger partial charge in [0, 0.05) is 19.7 Å². The fourth-order valence-corrected chi connectivity index (χ4v) is 2.96. The van der Waals surface area contributed by atoms with Gasteiger partial charge in [-0.15, -0.1) is 0 Å². The highest BCUT2D eigenvalue weighted by atomic mass is 16.6. The number of nitrogen functional groups attached to an aromatic ring is 1. The van der Waals surface area contributed by atoms with E-state index in [1.807, 2.05) is 0 Å². The quantitative estimate of drug-likeness (QED) is 0.662. The molecule has 1 aromatic rings. The average molecular weight is 307 g/mol. The number of fused-ring (bicyclic) bond motifs is 1. The second-order valence-electron chi connectivity index (χ2n) is 5.45. The highest BCUT2D eigenvalue weighted by molar-refractivity contribution is 5.34. The second-order valence-corrected chi connectivity index (χ2v) is 5.45. The van der Waals surface area contributed by atoms with Crippen LogP contribution in [0, 0.1) is 5.92 Å². The Bertz CT molecular complexity index is 727. The zero-order valence-corrected chi connectivity index (χ0v) is 12.0. The smallest absolute Gasteiger partial charge is 0.352 e. The third-order valence-corrected chi connectivity index (χ3v) is 4.18. The molecule has 8 heteroatoms. The summed E-state index contributed by atoms with van der Waals surface area (Å²) in [7, 11) is 1.43. The summed E-state index contributed by atoms with van der Waals surface area (Å²) in [6.07, 6.45) is 3.25. The number of ether oxygens (including phenoxy) is 2. The number of nitrogens with two attached hydrogens (primary N) is 1. The van der Waals surface area contributed by atoms with Gasteiger partial charge in [0.2, 0.25) is 5.72 Å². The third kappa shape index (κ3) is 1.77. The summed E-state index contributed by atoms with van der Waals surface area (Å²) in [5, 5.41) is 21.5. The normalized spacial score (nSPS) is 33.1. The van der Waals surface area contributed by atoms with Crippen LogP contribution in [-0.4, -0.2) is 39.1 Å². The van der Waals surface area contributed by atoms with Crippen molar-refractivity contribution in [1.82, 2.24) is 9.55 Å². The molecule has 0 spiro atoms. The summed E-state index contributed by atoms with van der Waals surface area (Å²) >= 11 is 0. The van der Waals surface area contributed by atoms with E-state index in [4.69, 9.17) is 15.2 Å². The van der Waals surface area contributed by atoms with Crippen molar-refractivity contribution < 1.29 is 19.7 Å². The van der Waals surface area contributed by atoms with Gasteiger partial charge in [-0.3, -0.25) is 4.57 Å². The topological polar surface area (TPSA) is 120 Å². The zero-order chi connectivity index (χ0) is 16.1. The minimum Gasteiger partial charge on any atom is -0.505 e. The first-order chi connectivity index (χ1) is 10.4. The third-order valence-electron chi connectivity index (χ3n) is 4.18.